The van der Waals surface area contributed by atoms with E-state index < -0.39 is 10.8 Å². The lowest BCUT2D eigenvalue weighted by Crippen LogP contribution is -2.34. The number of carbonyl (C=O) groups is 2. The Morgan fingerprint density at radius 1 is 1.12 bits per heavy atom. The molecule has 180 valence electrons. The Hall–Kier alpha value is -4.49. The predicted molar refractivity (Wildman–Crippen MR) is 116 cm³/mol. The Morgan fingerprint density at radius 2 is 1.79 bits per heavy atom. The van der Waals surface area contributed by atoms with Gasteiger partial charge < -0.3 is 24.6 Å². The Labute approximate surface area is 193 Å². The van der Waals surface area contributed by atoms with Crippen molar-refractivity contribution in [1.29, 1.82) is 0 Å². The number of ether oxygens (including phenoxy) is 2. The van der Waals surface area contributed by atoms with E-state index >= 15 is 0 Å². The minimum atomic E-state index is -0.626. The average molecular weight is 473 g/mol. The molecule has 0 aliphatic carbocycles. The smallest absolute Gasteiger partial charge is 0.316 e. The molecule has 0 saturated carbocycles. The van der Waals surface area contributed by atoms with Gasteiger partial charge in [0.1, 0.15) is 17.9 Å². The maximum atomic E-state index is 12.3. The van der Waals surface area contributed by atoms with Gasteiger partial charge in [0.05, 0.1) is 19.1 Å². The van der Waals surface area contributed by atoms with E-state index in [-0.39, 0.29) is 48.6 Å². The van der Waals surface area contributed by atoms with E-state index in [0.717, 1.165) is 0 Å². The number of aromatic nitrogens is 4. The Bertz CT molecular complexity index is 1220. The van der Waals surface area contributed by atoms with E-state index in [2.05, 4.69) is 25.9 Å². The van der Waals surface area contributed by atoms with Crippen LogP contribution in [0.25, 0.3) is 0 Å². The lowest BCUT2D eigenvalue weighted by atomic mass is 10.2. The van der Waals surface area contributed by atoms with Crippen LogP contribution in [0, 0.1) is 24.0 Å². The van der Waals surface area contributed by atoms with Gasteiger partial charge in [-0.3, -0.25) is 24.4 Å². The number of aryl methyl sites for hydroxylation is 1. The molecule has 34 heavy (non-hydrogen) atoms. The van der Waals surface area contributed by atoms with Crippen LogP contribution >= 0.6 is 0 Å². The number of nitro groups is 1. The van der Waals surface area contributed by atoms with Gasteiger partial charge in [-0.05, 0) is 32.0 Å². The first kappa shape index (κ1) is 24.2. The first-order valence-electron chi connectivity index (χ1n) is 10.0. The molecule has 0 aliphatic rings. The van der Waals surface area contributed by atoms with Gasteiger partial charge in [-0.1, -0.05) is 5.16 Å². The number of carbonyl (C=O) groups excluding carboxylic acids is 2. The van der Waals surface area contributed by atoms with E-state index in [0.29, 0.717) is 22.8 Å². The van der Waals surface area contributed by atoms with E-state index in [1.165, 1.54) is 25.8 Å². The summed E-state index contributed by atoms with van der Waals surface area (Å²) in [6.45, 7) is 3.34. The van der Waals surface area contributed by atoms with Crippen molar-refractivity contribution in [3.05, 3.63) is 57.0 Å². The number of hydrogen-bond acceptors (Lipinski definition) is 10. The van der Waals surface area contributed by atoms with Crippen LogP contribution in [0.15, 0.2) is 22.7 Å². The highest BCUT2D eigenvalue weighted by Crippen LogP contribution is 2.27. The van der Waals surface area contributed by atoms with E-state index in [1.807, 2.05) is 0 Å². The minimum absolute atomic E-state index is 0.00132. The Balaban J connectivity index is 1.50. The topological polar surface area (TPSA) is 177 Å². The standard InChI is InChI=1S/C20H23N7O7/c1-11-17(27(30)31)12(2)26(24-11)10-16-23-20(34-25-16)19(29)22-8-7-21-18(28)13-5-6-14(32-3)15(9-13)33-4/h5-6,9H,7-8,10H2,1-4H3,(H,21,28)(H,22,29). The summed E-state index contributed by atoms with van der Waals surface area (Å²) >= 11 is 0. The van der Waals surface area contributed by atoms with E-state index in [4.69, 9.17) is 14.0 Å². The molecule has 0 radical (unpaired) electrons. The lowest BCUT2D eigenvalue weighted by molar-refractivity contribution is -0.386. The van der Waals surface area contributed by atoms with Crippen LogP contribution in [0.2, 0.25) is 0 Å². The number of methoxy groups -OCH3 is 2. The second-order valence-corrected chi connectivity index (χ2v) is 7.03. The van der Waals surface area contributed by atoms with Crippen molar-refractivity contribution in [2.75, 3.05) is 27.3 Å². The van der Waals surface area contributed by atoms with Crippen LogP contribution in [0.5, 0.6) is 11.5 Å². The molecular weight excluding hydrogens is 450 g/mol. The highest BCUT2D eigenvalue weighted by molar-refractivity contribution is 5.95. The van der Waals surface area contributed by atoms with Crippen molar-refractivity contribution in [1.82, 2.24) is 30.6 Å². The number of benzene rings is 1. The molecule has 2 aromatic heterocycles. The number of nitrogens with one attached hydrogen (secondary N) is 2. The fraction of sp³-hybridized carbons (Fsp3) is 0.350. The molecule has 0 atom stereocenters. The van der Waals surface area contributed by atoms with Gasteiger partial charge in [0.15, 0.2) is 17.3 Å². The highest BCUT2D eigenvalue weighted by Gasteiger charge is 2.23. The number of rotatable bonds is 10. The second-order valence-electron chi connectivity index (χ2n) is 7.03. The molecule has 0 aliphatic heterocycles. The van der Waals surface area contributed by atoms with Gasteiger partial charge >= 0.3 is 17.5 Å². The molecule has 0 fully saturated rings. The summed E-state index contributed by atoms with van der Waals surface area (Å²) in [7, 11) is 2.97. The van der Waals surface area contributed by atoms with Crippen LogP contribution in [-0.4, -0.2) is 64.0 Å². The SMILES string of the molecule is COc1ccc(C(=O)NCCNC(=O)c2nc(Cn3nc(C)c([N+](=O)[O-])c3C)no2)cc1OC. The summed E-state index contributed by atoms with van der Waals surface area (Å²) < 4.78 is 16.6. The van der Waals surface area contributed by atoms with Gasteiger partial charge in [-0.2, -0.15) is 10.1 Å². The quantitative estimate of drug-likeness (QED) is 0.245. The molecule has 2 amide bonds. The van der Waals surface area contributed by atoms with Gasteiger partial charge in [0, 0.05) is 18.7 Å². The van der Waals surface area contributed by atoms with Crippen LogP contribution in [-0.2, 0) is 6.54 Å². The van der Waals surface area contributed by atoms with Crippen molar-refractivity contribution in [3.63, 3.8) is 0 Å². The molecule has 14 nitrogen and oxygen atoms in total. The molecule has 0 unspecified atom stereocenters. The zero-order valence-corrected chi connectivity index (χ0v) is 18.9. The van der Waals surface area contributed by atoms with Gasteiger partial charge in [0.2, 0.25) is 0 Å². The maximum absolute atomic E-state index is 12.3. The van der Waals surface area contributed by atoms with Crippen molar-refractivity contribution in [3.8, 4) is 11.5 Å². The monoisotopic (exact) mass is 473 g/mol. The molecule has 14 heteroatoms. The molecule has 2 heterocycles. The molecule has 2 N–H and O–H groups in total. The molecule has 0 saturated heterocycles. The van der Waals surface area contributed by atoms with E-state index in [1.54, 1.807) is 25.1 Å². The third kappa shape index (κ3) is 5.28. The predicted octanol–water partition coefficient (Wildman–Crippen LogP) is 1.02. The molecule has 0 bridgehead atoms. The second kappa shape index (κ2) is 10.4. The molecule has 1 aromatic carbocycles. The zero-order valence-electron chi connectivity index (χ0n) is 18.9. The molecular formula is C20H23N7O7. The average Bonchev–Trinajstić information content (AvgIpc) is 3.39. The first-order valence-corrected chi connectivity index (χ1v) is 10.0. The zero-order chi connectivity index (χ0) is 24.8. The minimum Gasteiger partial charge on any atom is -0.493 e. The number of amides is 2. The van der Waals surface area contributed by atoms with Gasteiger partial charge in [-0.25, -0.2) is 0 Å². The normalized spacial score (nSPS) is 10.6. The molecule has 3 aromatic rings. The van der Waals surface area contributed by atoms with Crippen molar-refractivity contribution < 1.29 is 28.5 Å². The maximum Gasteiger partial charge on any atom is 0.316 e. The summed E-state index contributed by atoms with van der Waals surface area (Å²) in [5.41, 5.74) is 0.883. The molecule has 3 rings (SSSR count). The summed E-state index contributed by atoms with van der Waals surface area (Å²) in [4.78, 5) is 39.1. The fourth-order valence-electron chi connectivity index (χ4n) is 3.16. The lowest BCUT2D eigenvalue weighted by Gasteiger charge is -2.10. The van der Waals surface area contributed by atoms with Crippen LogP contribution < -0.4 is 20.1 Å². The highest BCUT2D eigenvalue weighted by atomic mass is 16.6. The summed E-state index contributed by atoms with van der Waals surface area (Å²) in [5.74, 6) is -0.204. The van der Waals surface area contributed by atoms with Crippen LogP contribution in [0.4, 0.5) is 5.69 Å². The van der Waals surface area contributed by atoms with Gasteiger partial charge in [-0.15, -0.1) is 0 Å². The largest absolute Gasteiger partial charge is 0.493 e. The van der Waals surface area contributed by atoms with Crippen LogP contribution in [0.3, 0.4) is 0 Å². The van der Waals surface area contributed by atoms with Crippen molar-refractivity contribution in [2.45, 2.75) is 20.4 Å². The summed E-state index contributed by atoms with van der Waals surface area (Å²) in [6, 6.07) is 4.75. The number of hydrogen-bond donors (Lipinski definition) is 2. The first-order chi connectivity index (χ1) is 16.2. The van der Waals surface area contributed by atoms with Crippen LogP contribution in [0.1, 0.15) is 38.3 Å². The number of nitrogens with zero attached hydrogens (tertiary/aromatic N) is 5. The third-order valence-electron chi connectivity index (χ3n) is 4.82. The van der Waals surface area contributed by atoms with Crippen molar-refractivity contribution >= 4 is 17.5 Å². The Kier molecular flexibility index (Phi) is 7.40. The summed E-state index contributed by atoms with van der Waals surface area (Å²) in [5, 5.41) is 24.2. The third-order valence-corrected chi connectivity index (χ3v) is 4.82. The van der Waals surface area contributed by atoms with E-state index in [9.17, 15) is 19.7 Å². The van der Waals surface area contributed by atoms with Gasteiger partial charge in [0.25, 0.3) is 5.91 Å². The van der Waals surface area contributed by atoms with Crippen molar-refractivity contribution in [2.24, 2.45) is 0 Å². The fourth-order valence-corrected chi connectivity index (χ4v) is 3.16. The molecule has 0 spiro atoms. The summed E-state index contributed by atoms with van der Waals surface area (Å²) in [6.07, 6.45) is 0. The Morgan fingerprint density at radius 3 is 2.41 bits per heavy atom.